The molecule has 21 heavy (non-hydrogen) atoms. The van der Waals surface area contributed by atoms with Gasteiger partial charge in [-0.2, -0.15) is 4.31 Å². The van der Waals surface area contributed by atoms with Gasteiger partial charge in [-0.3, -0.25) is 0 Å². The highest BCUT2D eigenvalue weighted by molar-refractivity contribution is 7.89. The van der Waals surface area contributed by atoms with Crippen molar-refractivity contribution in [3.63, 3.8) is 0 Å². The van der Waals surface area contributed by atoms with Crippen LogP contribution in [-0.2, 0) is 16.4 Å². The molecule has 1 fully saturated rings. The van der Waals surface area contributed by atoms with Gasteiger partial charge in [0.2, 0.25) is 10.0 Å². The molecule has 118 valence electrons. The highest BCUT2D eigenvalue weighted by Gasteiger charge is 2.30. The summed E-state index contributed by atoms with van der Waals surface area (Å²) in [4.78, 5) is 0.418. The van der Waals surface area contributed by atoms with Crippen molar-refractivity contribution >= 4 is 10.0 Å². The normalized spacial score (nSPS) is 20.0. The molecule has 1 aliphatic rings. The number of nitrogens with zero attached hydrogens (tertiary/aromatic N) is 1. The molecule has 0 radical (unpaired) electrons. The van der Waals surface area contributed by atoms with E-state index in [1.165, 1.54) is 5.56 Å². The Balaban J connectivity index is 1.98. The van der Waals surface area contributed by atoms with Gasteiger partial charge in [-0.1, -0.05) is 26.0 Å². The van der Waals surface area contributed by atoms with Gasteiger partial charge in [0.25, 0.3) is 0 Å². The van der Waals surface area contributed by atoms with Crippen molar-refractivity contribution in [3.05, 3.63) is 29.8 Å². The summed E-state index contributed by atoms with van der Waals surface area (Å²) in [6.45, 7) is 7.49. The van der Waals surface area contributed by atoms with Crippen LogP contribution in [0.5, 0.6) is 0 Å². The summed E-state index contributed by atoms with van der Waals surface area (Å²) in [5.74, 6) is 0.462. The molecule has 0 spiro atoms. The van der Waals surface area contributed by atoms with Gasteiger partial charge in [-0.15, -0.1) is 0 Å². The van der Waals surface area contributed by atoms with Crippen LogP contribution < -0.4 is 5.32 Å². The SMILES string of the molecule is CCCNCCc1ccc(S(=O)(=O)N2CCC(C)C2)cc1. The number of hydrogen-bond donors (Lipinski definition) is 1. The van der Waals surface area contributed by atoms with E-state index in [1.54, 1.807) is 16.4 Å². The molecule has 0 aliphatic carbocycles. The van der Waals surface area contributed by atoms with Crippen molar-refractivity contribution in [2.45, 2.75) is 38.0 Å². The smallest absolute Gasteiger partial charge is 0.243 e. The molecule has 5 heteroatoms. The number of sulfonamides is 1. The second kappa shape index (κ2) is 7.38. The van der Waals surface area contributed by atoms with E-state index in [0.29, 0.717) is 23.9 Å². The molecule has 1 aromatic carbocycles. The fourth-order valence-corrected chi connectivity index (χ4v) is 4.20. The Morgan fingerprint density at radius 2 is 1.95 bits per heavy atom. The third kappa shape index (κ3) is 4.28. The summed E-state index contributed by atoms with van der Waals surface area (Å²) in [6.07, 6.45) is 3.02. The first-order valence-electron chi connectivity index (χ1n) is 7.84. The zero-order valence-corrected chi connectivity index (χ0v) is 13.8. The van der Waals surface area contributed by atoms with Crippen LogP contribution in [0.3, 0.4) is 0 Å². The van der Waals surface area contributed by atoms with Gasteiger partial charge in [0.15, 0.2) is 0 Å². The molecule has 0 bridgehead atoms. The molecule has 2 rings (SSSR count). The quantitative estimate of drug-likeness (QED) is 0.786. The molecule has 1 atom stereocenters. The van der Waals surface area contributed by atoms with Crippen molar-refractivity contribution in [1.29, 1.82) is 0 Å². The average Bonchev–Trinajstić information content (AvgIpc) is 2.91. The van der Waals surface area contributed by atoms with E-state index in [4.69, 9.17) is 0 Å². The Labute approximate surface area is 128 Å². The molecule has 1 aliphatic heterocycles. The van der Waals surface area contributed by atoms with Crippen LogP contribution in [0.1, 0.15) is 32.3 Å². The van der Waals surface area contributed by atoms with E-state index < -0.39 is 10.0 Å². The first-order chi connectivity index (χ1) is 10.0. The first kappa shape index (κ1) is 16.5. The minimum Gasteiger partial charge on any atom is -0.316 e. The lowest BCUT2D eigenvalue weighted by Crippen LogP contribution is -2.28. The van der Waals surface area contributed by atoms with Crippen molar-refractivity contribution < 1.29 is 8.42 Å². The summed E-state index contributed by atoms with van der Waals surface area (Å²) < 4.78 is 26.6. The molecule has 4 nitrogen and oxygen atoms in total. The fraction of sp³-hybridized carbons (Fsp3) is 0.625. The van der Waals surface area contributed by atoms with Gasteiger partial charge < -0.3 is 5.32 Å². The summed E-state index contributed by atoms with van der Waals surface area (Å²) in [5.41, 5.74) is 1.17. The van der Waals surface area contributed by atoms with Crippen LogP contribution in [0.2, 0.25) is 0 Å². The van der Waals surface area contributed by atoms with Crippen molar-refractivity contribution in [2.75, 3.05) is 26.2 Å². The molecule has 0 saturated carbocycles. The third-order valence-corrected chi connectivity index (χ3v) is 5.84. The Hall–Kier alpha value is -0.910. The van der Waals surface area contributed by atoms with E-state index in [1.807, 2.05) is 12.1 Å². The summed E-state index contributed by atoms with van der Waals surface area (Å²) in [5, 5.41) is 3.35. The molecular formula is C16H26N2O2S. The number of benzene rings is 1. The molecular weight excluding hydrogens is 284 g/mol. The van der Waals surface area contributed by atoms with Gasteiger partial charge in [0.05, 0.1) is 4.90 Å². The molecule has 0 aromatic heterocycles. The van der Waals surface area contributed by atoms with Crippen molar-refractivity contribution in [1.82, 2.24) is 9.62 Å². The summed E-state index contributed by atoms with van der Waals surface area (Å²) >= 11 is 0. The van der Waals surface area contributed by atoms with Gasteiger partial charge in [0, 0.05) is 13.1 Å². The van der Waals surface area contributed by atoms with Gasteiger partial charge in [-0.05, 0) is 56.0 Å². The first-order valence-corrected chi connectivity index (χ1v) is 9.28. The zero-order chi connectivity index (χ0) is 15.3. The molecule has 1 saturated heterocycles. The number of rotatable bonds is 7. The van der Waals surface area contributed by atoms with Crippen molar-refractivity contribution in [3.8, 4) is 0 Å². The van der Waals surface area contributed by atoms with E-state index in [0.717, 1.165) is 32.4 Å². The molecule has 0 amide bonds. The maximum Gasteiger partial charge on any atom is 0.243 e. The van der Waals surface area contributed by atoms with Crippen LogP contribution in [-0.4, -0.2) is 38.9 Å². The van der Waals surface area contributed by atoms with Crippen LogP contribution in [0, 0.1) is 5.92 Å². The van der Waals surface area contributed by atoms with Crippen molar-refractivity contribution in [2.24, 2.45) is 5.92 Å². The monoisotopic (exact) mass is 310 g/mol. The van der Waals surface area contributed by atoms with Crippen LogP contribution in [0.15, 0.2) is 29.2 Å². The Bertz CT molecular complexity index is 540. The standard InChI is InChI=1S/C16H26N2O2S/c1-3-10-17-11-8-15-4-6-16(7-5-15)21(19,20)18-12-9-14(2)13-18/h4-7,14,17H,3,8-13H2,1-2H3. The highest BCUT2D eigenvalue weighted by atomic mass is 32.2. The topological polar surface area (TPSA) is 49.4 Å². The largest absolute Gasteiger partial charge is 0.316 e. The minimum absolute atomic E-state index is 0.418. The molecule has 1 unspecified atom stereocenters. The van der Waals surface area contributed by atoms with Gasteiger partial charge in [0.1, 0.15) is 0 Å². The Morgan fingerprint density at radius 1 is 1.24 bits per heavy atom. The minimum atomic E-state index is -3.30. The average molecular weight is 310 g/mol. The Kier molecular flexibility index (Phi) is 5.79. The number of nitrogens with one attached hydrogen (secondary N) is 1. The number of hydrogen-bond acceptors (Lipinski definition) is 3. The Morgan fingerprint density at radius 3 is 2.52 bits per heavy atom. The molecule has 1 heterocycles. The lowest BCUT2D eigenvalue weighted by Gasteiger charge is -2.16. The maximum absolute atomic E-state index is 12.5. The zero-order valence-electron chi connectivity index (χ0n) is 13.0. The van der Waals surface area contributed by atoms with Crippen LogP contribution >= 0.6 is 0 Å². The highest BCUT2D eigenvalue weighted by Crippen LogP contribution is 2.24. The van der Waals surface area contributed by atoms with Gasteiger partial charge in [-0.25, -0.2) is 8.42 Å². The summed E-state index contributed by atoms with van der Waals surface area (Å²) in [7, 11) is -3.30. The van der Waals surface area contributed by atoms with Crippen LogP contribution in [0.25, 0.3) is 0 Å². The predicted octanol–water partition coefficient (Wildman–Crippen LogP) is 2.26. The fourth-order valence-electron chi connectivity index (χ4n) is 2.62. The van der Waals surface area contributed by atoms with E-state index in [9.17, 15) is 8.42 Å². The lowest BCUT2D eigenvalue weighted by molar-refractivity contribution is 0.464. The second-order valence-electron chi connectivity index (χ2n) is 5.90. The maximum atomic E-state index is 12.5. The van der Waals surface area contributed by atoms with Crippen LogP contribution in [0.4, 0.5) is 0 Å². The molecule has 1 N–H and O–H groups in total. The van der Waals surface area contributed by atoms with E-state index >= 15 is 0 Å². The van der Waals surface area contributed by atoms with E-state index in [2.05, 4.69) is 19.2 Å². The molecule has 1 aromatic rings. The predicted molar refractivity (Wildman–Crippen MR) is 85.8 cm³/mol. The second-order valence-corrected chi connectivity index (χ2v) is 7.84. The summed E-state index contributed by atoms with van der Waals surface area (Å²) in [6, 6.07) is 7.35. The van der Waals surface area contributed by atoms with Gasteiger partial charge >= 0.3 is 0 Å². The lowest BCUT2D eigenvalue weighted by atomic mass is 10.1. The van der Waals surface area contributed by atoms with E-state index in [-0.39, 0.29) is 0 Å². The third-order valence-electron chi connectivity index (χ3n) is 3.96.